The lowest BCUT2D eigenvalue weighted by atomic mass is 9.94. The van der Waals surface area contributed by atoms with Crippen molar-refractivity contribution < 1.29 is 28.7 Å². The molecule has 0 saturated carbocycles. The predicted octanol–water partition coefficient (Wildman–Crippen LogP) is 1.60. The van der Waals surface area contributed by atoms with Gasteiger partial charge in [-0.1, -0.05) is 19.8 Å². The highest BCUT2D eigenvalue weighted by atomic mass is 32.1. The van der Waals surface area contributed by atoms with Gasteiger partial charge < -0.3 is 19.6 Å². The van der Waals surface area contributed by atoms with Crippen LogP contribution >= 0.6 is 20.5 Å². The van der Waals surface area contributed by atoms with Gasteiger partial charge in [0.1, 0.15) is 0 Å². The van der Waals surface area contributed by atoms with E-state index in [0.29, 0.717) is 6.61 Å². The monoisotopic (exact) mass is 316 g/mol. The summed E-state index contributed by atoms with van der Waals surface area (Å²) in [6.07, 6.45) is 4.20. The minimum atomic E-state index is -4.51. The van der Waals surface area contributed by atoms with Crippen molar-refractivity contribution in [3.63, 3.8) is 0 Å². The van der Waals surface area contributed by atoms with Crippen LogP contribution in [0.25, 0.3) is 0 Å². The lowest BCUT2D eigenvalue weighted by molar-refractivity contribution is -0.0165. The molecule has 0 heterocycles. The molecule has 0 aromatic carbocycles. The van der Waals surface area contributed by atoms with Gasteiger partial charge in [0.05, 0.1) is 19.8 Å². The molecule has 0 rings (SSSR count). The summed E-state index contributed by atoms with van der Waals surface area (Å²) in [4.78, 5) is 17.3. The van der Waals surface area contributed by atoms with Gasteiger partial charge in [-0.2, -0.15) is 12.6 Å². The van der Waals surface area contributed by atoms with Gasteiger partial charge in [-0.15, -0.1) is 0 Å². The van der Waals surface area contributed by atoms with E-state index in [2.05, 4.69) is 17.2 Å². The van der Waals surface area contributed by atoms with E-state index >= 15 is 0 Å². The molecule has 19 heavy (non-hydrogen) atoms. The number of rotatable bonds is 12. The molecular formula is C11H25O6PS. The first-order valence-corrected chi connectivity index (χ1v) is 8.49. The summed E-state index contributed by atoms with van der Waals surface area (Å²) in [5.41, 5.74) is -0.799. The standard InChI is InChI=1S/C11H25O6PS/c1-11(8-12,10-17-18(13,14)15)9-16-6-4-2-3-5-7-19/h12,19H,2-10H2,1H3,(H2,13,14,15). The van der Waals surface area contributed by atoms with Gasteiger partial charge in [-0.3, -0.25) is 4.52 Å². The predicted molar refractivity (Wildman–Crippen MR) is 76.3 cm³/mol. The molecule has 0 aromatic heterocycles. The second-order valence-electron chi connectivity index (χ2n) is 4.92. The Morgan fingerprint density at radius 2 is 1.79 bits per heavy atom. The van der Waals surface area contributed by atoms with Crippen molar-refractivity contribution >= 4 is 20.5 Å². The highest BCUT2D eigenvalue weighted by Gasteiger charge is 2.28. The van der Waals surface area contributed by atoms with Gasteiger partial charge in [-0.05, 0) is 18.6 Å². The maximum atomic E-state index is 10.6. The molecule has 0 fully saturated rings. The van der Waals surface area contributed by atoms with E-state index in [0.717, 1.165) is 31.4 Å². The van der Waals surface area contributed by atoms with Crippen LogP contribution in [0.3, 0.4) is 0 Å². The van der Waals surface area contributed by atoms with Gasteiger partial charge in [0.25, 0.3) is 0 Å². The summed E-state index contributed by atoms with van der Waals surface area (Å²) in [6, 6.07) is 0. The van der Waals surface area contributed by atoms with Crippen molar-refractivity contribution in [3.05, 3.63) is 0 Å². The van der Waals surface area contributed by atoms with E-state index in [4.69, 9.17) is 14.5 Å². The molecule has 116 valence electrons. The molecule has 6 nitrogen and oxygen atoms in total. The maximum absolute atomic E-state index is 10.6. The molecule has 0 radical (unpaired) electrons. The molecular weight excluding hydrogens is 291 g/mol. The maximum Gasteiger partial charge on any atom is 0.469 e. The Balaban J connectivity index is 3.76. The molecule has 0 aliphatic rings. The van der Waals surface area contributed by atoms with E-state index in [1.807, 2.05) is 0 Å². The van der Waals surface area contributed by atoms with E-state index in [-0.39, 0.29) is 19.8 Å². The topological polar surface area (TPSA) is 96.2 Å². The molecule has 1 unspecified atom stereocenters. The number of unbranched alkanes of at least 4 members (excludes halogenated alkanes) is 3. The quantitative estimate of drug-likeness (QED) is 0.248. The van der Waals surface area contributed by atoms with Gasteiger partial charge in [0, 0.05) is 12.0 Å². The molecule has 0 bridgehead atoms. The van der Waals surface area contributed by atoms with Crippen molar-refractivity contribution in [2.45, 2.75) is 32.6 Å². The lowest BCUT2D eigenvalue weighted by Gasteiger charge is -2.26. The summed E-state index contributed by atoms with van der Waals surface area (Å²) in [5, 5.41) is 9.23. The minimum Gasteiger partial charge on any atom is -0.396 e. The molecule has 0 amide bonds. The number of thiol groups is 1. The van der Waals surface area contributed by atoms with Crippen LogP contribution in [0.1, 0.15) is 32.6 Å². The summed E-state index contributed by atoms with van der Waals surface area (Å²) < 4.78 is 20.5. The fourth-order valence-electron chi connectivity index (χ4n) is 1.36. The lowest BCUT2D eigenvalue weighted by Crippen LogP contribution is -2.32. The van der Waals surface area contributed by atoms with Gasteiger partial charge >= 0.3 is 7.82 Å². The van der Waals surface area contributed by atoms with Crippen LogP contribution in [0.4, 0.5) is 0 Å². The van der Waals surface area contributed by atoms with Gasteiger partial charge in [0.2, 0.25) is 0 Å². The molecule has 0 spiro atoms. The Labute approximate surface area is 120 Å². The van der Waals surface area contributed by atoms with Crippen molar-refractivity contribution in [2.75, 3.05) is 32.2 Å². The van der Waals surface area contributed by atoms with E-state index in [1.165, 1.54) is 0 Å². The summed E-state index contributed by atoms with van der Waals surface area (Å²) >= 11 is 4.12. The van der Waals surface area contributed by atoms with Crippen LogP contribution in [-0.2, 0) is 13.8 Å². The zero-order chi connectivity index (χ0) is 14.8. The Bertz CT molecular complexity index is 272. The number of ether oxygens (including phenoxy) is 1. The number of hydrogen-bond donors (Lipinski definition) is 4. The summed E-state index contributed by atoms with van der Waals surface area (Å²) in [6.45, 7) is 1.93. The highest BCUT2D eigenvalue weighted by molar-refractivity contribution is 7.80. The van der Waals surface area contributed by atoms with Crippen LogP contribution in [0.2, 0.25) is 0 Å². The second kappa shape index (κ2) is 10.2. The number of hydrogen-bond acceptors (Lipinski definition) is 5. The number of phosphoric ester groups is 1. The smallest absolute Gasteiger partial charge is 0.396 e. The van der Waals surface area contributed by atoms with Crippen LogP contribution < -0.4 is 0 Å². The molecule has 3 N–H and O–H groups in total. The highest BCUT2D eigenvalue weighted by Crippen LogP contribution is 2.38. The van der Waals surface area contributed by atoms with E-state index < -0.39 is 13.2 Å². The number of aliphatic hydroxyl groups excluding tert-OH is 1. The van der Waals surface area contributed by atoms with E-state index in [1.54, 1.807) is 6.92 Å². The van der Waals surface area contributed by atoms with Crippen molar-refractivity contribution in [2.24, 2.45) is 5.41 Å². The molecule has 8 heteroatoms. The molecule has 0 saturated heterocycles. The summed E-state index contributed by atoms with van der Waals surface area (Å²) in [7, 11) is -4.51. The fraction of sp³-hybridized carbons (Fsp3) is 1.00. The zero-order valence-corrected chi connectivity index (χ0v) is 13.1. The molecule has 0 aromatic rings. The first-order valence-electron chi connectivity index (χ1n) is 6.32. The Kier molecular flexibility index (Phi) is 10.4. The SMILES string of the molecule is CC(CO)(COCCCCCCS)COP(=O)(O)O. The normalized spacial score (nSPS) is 15.4. The Morgan fingerprint density at radius 3 is 2.32 bits per heavy atom. The van der Waals surface area contributed by atoms with Crippen molar-refractivity contribution in [1.29, 1.82) is 0 Å². The van der Waals surface area contributed by atoms with Crippen molar-refractivity contribution in [3.8, 4) is 0 Å². The van der Waals surface area contributed by atoms with Crippen LogP contribution in [0, 0.1) is 5.41 Å². The molecule has 1 atom stereocenters. The zero-order valence-electron chi connectivity index (χ0n) is 11.3. The third-order valence-corrected chi connectivity index (χ3v) is 3.39. The van der Waals surface area contributed by atoms with Crippen LogP contribution in [-0.4, -0.2) is 47.1 Å². The number of aliphatic hydroxyl groups is 1. The van der Waals surface area contributed by atoms with Gasteiger partial charge in [0.15, 0.2) is 0 Å². The van der Waals surface area contributed by atoms with Gasteiger partial charge in [-0.25, -0.2) is 4.57 Å². The van der Waals surface area contributed by atoms with Crippen molar-refractivity contribution in [1.82, 2.24) is 0 Å². The third kappa shape index (κ3) is 11.9. The fourth-order valence-corrected chi connectivity index (χ4v) is 2.06. The first kappa shape index (κ1) is 19.4. The minimum absolute atomic E-state index is 0.204. The third-order valence-electron chi connectivity index (χ3n) is 2.61. The first-order chi connectivity index (χ1) is 8.83. The molecule has 0 aliphatic carbocycles. The van der Waals surface area contributed by atoms with E-state index in [9.17, 15) is 9.67 Å². The Hall–Kier alpha value is 0.380. The average molecular weight is 316 g/mol. The molecule has 0 aliphatic heterocycles. The largest absolute Gasteiger partial charge is 0.469 e. The Morgan fingerprint density at radius 1 is 1.16 bits per heavy atom. The van der Waals surface area contributed by atoms with Crippen LogP contribution in [0.15, 0.2) is 0 Å². The second-order valence-corrected chi connectivity index (χ2v) is 6.61. The summed E-state index contributed by atoms with van der Waals surface area (Å²) in [5.74, 6) is 0.892. The van der Waals surface area contributed by atoms with Crippen LogP contribution in [0.5, 0.6) is 0 Å². The number of phosphoric acid groups is 1. The average Bonchev–Trinajstić information content (AvgIpc) is 2.35.